The average Bonchev–Trinajstić information content (AvgIpc) is 2.53. The van der Waals surface area contributed by atoms with Gasteiger partial charge in [-0.3, -0.25) is 9.59 Å². The van der Waals surface area contributed by atoms with Crippen LogP contribution in [0.4, 0.5) is 13.2 Å². The fourth-order valence-corrected chi connectivity index (χ4v) is 3.70. The molecule has 0 spiro atoms. The predicted octanol–water partition coefficient (Wildman–Crippen LogP) is 3.26. The molecule has 132 valence electrons. The lowest BCUT2D eigenvalue weighted by molar-refractivity contribution is -0.147. The third kappa shape index (κ3) is 5.15. The molecule has 1 aliphatic heterocycles. The molecular weight excluding hydrogens is 343 g/mol. The van der Waals surface area contributed by atoms with Crippen LogP contribution in [-0.2, 0) is 22.3 Å². The van der Waals surface area contributed by atoms with Crippen LogP contribution in [0, 0.1) is 5.92 Å². The summed E-state index contributed by atoms with van der Waals surface area (Å²) in [5.41, 5.74) is -0.297. The number of benzene rings is 1. The molecule has 0 unspecified atom stereocenters. The lowest BCUT2D eigenvalue weighted by Crippen LogP contribution is -2.40. The Balaban J connectivity index is 2.10. The molecule has 0 aromatic heterocycles. The zero-order chi connectivity index (χ0) is 17.7. The van der Waals surface area contributed by atoms with E-state index >= 15 is 0 Å². The van der Waals surface area contributed by atoms with Gasteiger partial charge in [-0.1, -0.05) is 12.1 Å². The number of alkyl halides is 3. The first-order valence-electron chi connectivity index (χ1n) is 7.52. The number of rotatable bonds is 5. The Hall–Kier alpha value is -1.70. The maximum Gasteiger partial charge on any atom is 0.416 e. The third-order valence-corrected chi connectivity index (χ3v) is 4.91. The first-order valence-corrected chi connectivity index (χ1v) is 8.67. The summed E-state index contributed by atoms with van der Waals surface area (Å²) in [4.78, 5) is 24.8. The van der Waals surface area contributed by atoms with Gasteiger partial charge in [-0.15, -0.1) is 0 Å². The SMILES string of the molecule is O=C(O)CN(Cc1ccc(C(F)(F)F)cc1)C(=O)C1CCSCC1. The lowest BCUT2D eigenvalue weighted by atomic mass is 10.0. The second kappa shape index (κ2) is 7.92. The Morgan fingerprint density at radius 2 is 1.75 bits per heavy atom. The number of carboxylic acid groups (broad SMARTS) is 1. The van der Waals surface area contributed by atoms with E-state index in [4.69, 9.17) is 5.11 Å². The Labute approximate surface area is 142 Å². The topological polar surface area (TPSA) is 57.6 Å². The van der Waals surface area contributed by atoms with E-state index in [0.717, 1.165) is 23.6 Å². The van der Waals surface area contributed by atoms with Gasteiger partial charge in [0.1, 0.15) is 6.54 Å². The Kier molecular flexibility index (Phi) is 6.15. The molecule has 0 saturated carbocycles. The summed E-state index contributed by atoms with van der Waals surface area (Å²) in [6.45, 7) is -0.462. The van der Waals surface area contributed by atoms with E-state index in [9.17, 15) is 22.8 Å². The average molecular weight is 361 g/mol. The molecule has 0 bridgehead atoms. The molecule has 1 aromatic carbocycles. The van der Waals surface area contributed by atoms with Gasteiger partial charge in [-0.25, -0.2) is 0 Å². The number of hydrogen-bond donors (Lipinski definition) is 1. The highest BCUT2D eigenvalue weighted by atomic mass is 32.2. The molecular formula is C16H18F3NO3S. The molecule has 2 rings (SSSR count). The van der Waals surface area contributed by atoms with Gasteiger partial charge in [0.15, 0.2) is 0 Å². The second-order valence-corrected chi connectivity index (χ2v) is 6.89. The van der Waals surface area contributed by atoms with Crippen molar-refractivity contribution in [2.45, 2.75) is 25.6 Å². The van der Waals surface area contributed by atoms with Crippen LogP contribution >= 0.6 is 11.8 Å². The highest BCUT2D eigenvalue weighted by molar-refractivity contribution is 7.99. The van der Waals surface area contributed by atoms with Crippen LogP contribution in [0.3, 0.4) is 0 Å². The van der Waals surface area contributed by atoms with E-state index in [1.807, 2.05) is 0 Å². The van der Waals surface area contributed by atoms with Crippen molar-refractivity contribution < 1.29 is 27.9 Å². The summed E-state index contributed by atoms with van der Waals surface area (Å²) in [5.74, 6) is 0.132. The summed E-state index contributed by atoms with van der Waals surface area (Å²) < 4.78 is 37.7. The van der Waals surface area contributed by atoms with Crippen molar-refractivity contribution in [3.63, 3.8) is 0 Å². The van der Waals surface area contributed by atoms with Gasteiger partial charge < -0.3 is 10.0 Å². The zero-order valence-corrected chi connectivity index (χ0v) is 13.7. The van der Waals surface area contributed by atoms with Gasteiger partial charge in [0.05, 0.1) is 5.56 Å². The summed E-state index contributed by atoms with van der Waals surface area (Å²) in [6.07, 6.45) is -3.02. The van der Waals surface area contributed by atoms with Gasteiger partial charge in [-0.2, -0.15) is 24.9 Å². The van der Waals surface area contributed by atoms with Crippen LogP contribution < -0.4 is 0 Å². The van der Waals surface area contributed by atoms with Gasteiger partial charge in [0.2, 0.25) is 5.91 Å². The van der Waals surface area contributed by atoms with E-state index in [-0.39, 0.29) is 18.4 Å². The van der Waals surface area contributed by atoms with Crippen molar-refractivity contribution >= 4 is 23.6 Å². The van der Waals surface area contributed by atoms with Crippen molar-refractivity contribution in [1.29, 1.82) is 0 Å². The number of carbonyl (C=O) groups excluding carboxylic acids is 1. The molecule has 24 heavy (non-hydrogen) atoms. The minimum Gasteiger partial charge on any atom is -0.480 e. The Morgan fingerprint density at radius 3 is 2.25 bits per heavy atom. The van der Waals surface area contributed by atoms with Crippen molar-refractivity contribution in [2.75, 3.05) is 18.1 Å². The van der Waals surface area contributed by atoms with Gasteiger partial charge in [0, 0.05) is 12.5 Å². The lowest BCUT2D eigenvalue weighted by Gasteiger charge is -2.28. The molecule has 4 nitrogen and oxygen atoms in total. The summed E-state index contributed by atoms with van der Waals surface area (Å²) >= 11 is 1.76. The Morgan fingerprint density at radius 1 is 1.17 bits per heavy atom. The number of thioether (sulfide) groups is 1. The molecule has 0 atom stereocenters. The molecule has 8 heteroatoms. The molecule has 1 saturated heterocycles. The second-order valence-electron chi connectivity index (χ2n) is 5.67. The molecule has 0 radical (unpaired) electrons. The molecule has 1 heterocycles. The highest BCUT2D eigenvalue weighted by Crippen LogP contribution is 2.29. The van der Waals surface area contributed by atoms with E-state index in [1.54, 1.807) is 11.8 Å². The van der Waals surface area contributed by atoms with Crippen LogP contribution in [0.1, 0.15) is 24.0 Å². The number of carboxylic acids is 1. The fraction of sp³-hybridized carbons (Fsp3) is 0.500. The van der Waals surface area contributed by atoms with Crippen LogP contribution in [0.15, 0.2) is 24.3 Å². The monoisotopic (exact) mass is 361 g/mol. The number of hydrogen-bond acceptors (Lipinski definition) is 3. The number of nitrogens with zero attached hydrogens (tertiary/aromatic N) is 1. The summed E-state index contributed by atoms with van der Waals surface area (Å²) in [6, 6.07) is 4.44. The van der Waals surface area contributed by atoms with Crippen LogP contribution in [0.25, 0.3) is 0 Å². The zero-order valence-electron chi connectivity index (χ0n) is 12.9. The largest absolute Gasteiger partial charge is 0.480 e. The number of aliphatic carboxylic acids is 1. The molecule has 1 N–H and O–H groups in total. The third-order valence-electron chi connectivity index (χ3n) is 3.86. The first kappa shape index (κ1) is 18.6. The van der Waals surface area contributed by atoms with Crippen molar-refractivity contribution in [3.05, 3.63) is 35.4 Å². The summed E-state index contributed by atoms with van der Waals surface area (Å²) in [7, 11) is 0. The van der Waals surface area contributed by atoms with Crippen LogP contribution in [0.2, 0.25) is 0 Å². The van der Waals surface area contributed by atoms with Gasteiger partial charge in [0.25, 0.3) is 0 Å². The maximum absolute atomic E-state index is 12.6. The fourth-order valence-electron chi connectivity index (χ4n) is 2.60. The van der Waals surface area contributed by atoms with Crippen molar-refractivity contribution in [2.24, 2.45) is 5.92 Å². The van der Waals surface area contributed by atoms with Crippen molar-refractivity contribution in [1.82, 2.24) is 4.90 Å². The van der Waals surface area contributed by atoms with Crippen LogP contribution in [0.5, 0.6) is 0 Å². The molecule has 1 aromatic rings. The standard InChI is InChI=1S/C16H18F3NO3S/c17-16(18,19)13-3-1-11(2-4-13)9-20(10-14(21)22)15(23)12-5-7-24-8-6-12/h1-4,12H,5-10H2,(H,21,22). The van der Waals surface area contributed by atoms with Crippen LogP contribution in [-0.4, -0.2) is 39.9 Å². The quantitative estimate of drug-likeness (QED) is 0.875. The van der Waals surface area contributed by atoms with E-state index < -0.39 is 24.3 Å². The number of halogens is 3. The first-order chi connectivity index (χ1) is 11.3. The minimum atomic E-state index is -4.42. The minimum absolute atomic E-state index is 0.00703. The molecule has 1 amide bonds. The highest BCUT2D eigenvalue weighted by Gasteiger charge is 2.31. The smallest absolute Gasteiger partial charge is 0.416 e. The maximum atomic E-state index is 12.6. The summed E-state index contributed by atoms with van der Waals surface area (Å²) in [5, 5.41) is 9.01. The molecule has 1 fully saturated rings. The van der Waals surface area contributed by atoms with E-state index in [0.29, 0.717) is 18.4 Å². The molecule has 1 aliphatic rings. The predicted molar refractivity (Wildman–Crippen MR) is 84.5 cm³/mol. The number of carbonyl (C=O) groups is 2. The van der Waals surface area contributed by atoms with Gasteiger partial charge >= 0.3 is 12.1 Å². The number of amides is 1. The van der Waals surface area contributed by atoms with E-state index in [2.05, 4.69) is 0 Å². The van der Waals surface area contributed by atoms with Crippen molar-refractivity contribution in [3.8, 4) is 0 Å². The molecule has 0 aliphatic carbocycles. The Bertz CT molecular complexity index is 583. The van der Waals surface area contributed by atoms with Gasteiger partial charge in [-0.05, 0) is 42.0 Å². The normalized spacial score (nSPS) is 16.0. The van der Waals surface area contributed by atoms with E-state index in [1.165, 1.54) is 17.0 Å².